The molecule has 31 heavy (non-hydrogen) atoms. The zero-order valence-corrected chi connectivity index (χ0v) is 19.1. The minimum atomic E-state index is -4.73. The number of anilines is 1. The number of aromatic nitrogens is 2. The van der Waals surface area contributed by atoms with Gasteiger partial charge in [0, 0.05) is 4.88 Å². The van der Waals surface area contributed by atoms with Crippen LogP contribution in [0.15, 0.2) is 0 Å². The summed E-state index contributed by atoms with van der Waals surface area (Å²) in [4.78, 5) is 26.6. The predicted octanol–water partition coefficient (Wildman–Crippen LogP) is 5.57. The molecular formula is C20H23ClF3N3O3S. The molecule has 1 aliphatic carbocycles. The van der Waals surface area contributed by atoms with E-state index >= 15 is 0 Å². The molecule has 2 aromatic rings. The van der Waals surface area contributed by atoms with Crippen molar-refractivity contribution in [3.63, 3.8) is 0 Å². The maximum atomic E-state index is 13.1. The lowest BCUT2D eigenvalue weighted by Gasteiger charge is -2.16. The Kier molecular flexibility index (Phi) is 6.71. The van der Waals surface area contributed by atoms with Crippen LogP contribution >= 0.6 is 22.9 Å². The van der Waals surface area contributed by atoms with Crippen molar-refractivity contribution in [3.8, 4) is 0 Å². The number of alkyl halides is 3. The fourth-order valence-electron chi connectivity index (χ4n) is 3.53. The molecular weight excluding hydrogens is 455 g/mol. The molecule has 0 saturated heterocycles. The van der Waals surface area contributed by atoms with Gasteiger partial charge < -0.3 is 10.1 Å². The van der Waals surface area contributed by atoms with Gasteiger partial charge in [-0.1, -0.05) is 11.6 Å². The zero-order chi connectivity index (χ0) is 23.1. The van der Waals surface area contributed by atoms with Gasteiger partial charge in [0.1, 0.15) is 11.0 Å². The highest BCUT2D eigenvalue weighted by Gasteiger charge is 2.39. The number of carbonyl (C=O) groups excluding carboxylic acids is 2. The smallest absolute Gasteiger partial charge is 0.436 e. The second kappa shape index (κ2) is 8.82. The van der Waals surface area contributed by atoms with Gasteiger partial charge in [-0.15, -0.1) is 11.3 Å². The number of nitrogens with one attached hydrogen (secondary N) is 1. The van der Waals surface area contributed by atoms with Gasteiger partial charge in [-0.2, -0.15) is 18.3 Å². The van der Waals surface area contributed by atoms with E-state index in [9.17, 15) is 22.8 Å². The van der Waals surface area contributed by atoms with E-state index in [1.807, 2.05) is 0 Å². The number of nitrogens with zero attached hydrogens (tertiary/aromatic N) is 2. The Morgan fingerprint density at radius 3 is 2.45 bits per heavy atom. The topological polar surface area (TPSA) is 73.2 Å². The Morgan fingerprint density at radius 2 is 1.87 bits per heavy atom. The van der Waals surface area contributed by atoms with Gasteiger partial charge in [-0.3, -0.25) is 9.48 Å². The Labute approximate surface area is 186 Å². The van der Waals surface area contributed by atoms with E-state index in [4.69, 9.17) is 16.3 Å². The Bertz CT molecular complexity index is 1010. The molecule has 11 heteroatoms. The number of halogens is 4. The second-order valence-corrected chi connectivity index (χ2v) is 9.21. The van der Waals surface area contributed by atoms with Gasteiger partial charge in [-0.25, -0.2) is 4.79 Å². The summed E-state index contributed by atoms with van der Waals surface area (Å²) in [6.45, 7) is 6.26. The quantitative estimate of drug-likeness (QED) is 0.571. The third-order valence-electron chi connectivity index (χ3n) is 5.05. The molecule has 0 radical (unpaired) electrons. The number of amides is 1. The highest BCUT2D eigenvalue weighted by atomic mass is 35.5. The van der Waals surface area contributed by atoms with Crippen molar-refractivity contribution in [1.82, 2.24) is 9.78 Å². The Balaban J connectivity index is 1.92. The highest BCUT2D eigenvalue weighted by molar-refractivity contribution is 7.17. The second-order valence-electron chi connectivity index (χ2n) is 7.72. The van der Waals surface area contributed by atoms with Gasteiger partial charge in [-0.05, 0) is 58.9 Å². The Hall–Kier alpha value is -2.07. The van der Waals surface area contributed by atoms with Crippen LogP contribution in [0.3, 0.4) is 0 Å². The molecule has 1 amide bonds. The van der Waals surface area contributed by atoms with Crippen molar-refractivity contribution in [2.24, 2.45) is 0 Å². The summed E-state index contributed by atoms with van der Waals surface area (Å²) in [7, 11) is 0. The van der Waals surface area contributed by atoms with Crippen LogP contribution < -0.4 is 5.32 Å². The molecule has 0 fully saturated rings. The van der Waals surface area contributed by atoms with Gasteiger partial charge in [0.2, 0.25) is 5.91 Å². The molecule has 0 bridgehead atoms. The van der Waals surface area contributed by atoms with Gasteiger partial charge in [0.25, 0.3) is 0 Å². The fraction of sp³-hybridized carbons (Fsp3) is 0.550. The summed E-state index contributed by atoms with van der Waals surface area (Å²) in [5, 5.41) is 6.03. The number of rotatable bonds is 5. The van der Waals surface area contributed by atoms with Crippen molar-refractivity contribution in [1.29, 1.82) is 0 Å². The summed E-state index contributed by atoms with van der Waals surface area (Å²) in [5.74, 6) is -1.12. The van der Waals surface area contributed by atoms with Crippen LogP contribution in [0, 0.1) is 6.92 Å². The number of hydrogen-bond acceptors (Lipinski definition) is 5. The summed E-state index contributed by atoms with van der Waals surface area (Å²) in [6, 6.07) is -1.08. The molecule has 1 atom stereocenters. The van der Waals surface area contributed by atoms with E-state index in [1.165, 1.54) is 25.2 Å². The number of aryl methyl sites for hydroxylation is 1. The van der Waals surface area contributed by atoms with Crippen LogP contribution in [-0.4, -0.2) is 27.8 Å². The molecule has 6 nitrogen and oxygen atoms in total. The molecule has 170 valence electrons. The molecule has 1 aliphatic rings. The number of thiophene rings is 1. The number of hydrogen-bond donors (Lipinski definition) is 1. The predicted molar refractivity (Wildman–Crippen MR) is 112 cm³/mol. The first-order chi connectivity index (χ1) is 14.4. The highest BCUT2D eigenvalue weighted by Crippen LogP contribution is 2.40. The summed E-state index contributed by atoms with van der Waals surface area (Å²) < 4.78 is 45.7. The third kappa shape index (κ3) is 4.74. The van der Waals surface area contributed by atoms with Crippen LogP contribution in [0.25, 0.3) is 0 Å². The molecule has 3 rings (SSSR count). The molecule has 0 aromatic carbocycles. The molecule has 1 N–H and O–H groups in total. The van der Waals surface area contributed by atoms with Crippen molar-refractivity contribution >= 4 is 39.8 Å². The van der Waals surface area contributed by atoms with Crippen LogP contribution in [0.5, 0.6) is 0 Å². The maximum Gasteiger partial charge on any atom is 0.436 e. The van der Waals surface area contributed by atoms with E-state index in [0.717, 1.165) is 34.4 Å². The lowest BCUT2D eigenvalue weighted by atomic mass is 9.95. The SMILES string of the molecule is Cc1c(Cl)c(C(F)(F)F)nn1C(C)C(=O)Nc1sc2c(c1C(=O)OC(C)C)CCCC2. The largest absolute Gasteiger partial charge is 0.459 e. The molecule has 0 saturated carbocycles. The van der Waals surface area contributed by atoms with E-state index < -0.39 is 34.8 Å². The minimum absolute atomic E-state index is 0.0292. The van der Waals surface area contributed by atoms with Crippen molar-refractivity contribution in [2.45, 2.75) is 71.7 Å². The fourth-order valence-corrected chi connectivity index (χ4v) is 5.04. The van der Waals surface area contributed by atoms with E-state index in [2.05, 4.69) is 10.4 Å². The molecule has 0 aliphatic heterocycles. The van der Waals surface area contributed by atoms with E-state index in [0.29, 0.717) is 17.0 Å². The molecule has 0 spiro atoms. The van der Waals surface area contributed by atoms with Crippen molar-refractivity contribution in [2.75, 3.05) is 5.32 Å². The minimum Gasteiger partial charge on any atom is -0.459 e. The average molecular weight is 478 g/mol. The first-order valence-corrected chi connectivity index (χ1v) is 11.1. The van der Waals surface area contributed by atoms with Crippen molar-refractivity contribution in [3.05, 3.63) is 32.4 Å². The van der Waals surface area contributed by atoms with Gasteiger partial charge in [0.15, 0.2) is 5.69 Å². The normalized spacial score (nSPS) is 15.0. The summed E-state index contributed by atoms with van der Waals surface area (Å²) >= 11 is 7.10. The first-order valence-electron chi connectivity index (χ1n) is 9.90. The average Bonchev–Trinajstić information content (AvgIpc) is 3.17. The number of fused-ring (bicyclic) bond motifs is 1. The first kappa shape index (κ1) is 23.6. The third-order valence-corrected chi connectivity index (χ3v) is 6.71. The molecule has 2 heterocycles. The van der Waals surface area contributed by atoms with Gasteiger partial charge >= 0.3 is 12.1 Å². The van der Waals surface area contributed by atoms with E-state index in [1.54, 1.807) is 13.8 Å². The van der Waals surface area contributed by atoms with E-state index in [-0.39, 0.29) is 11.8 Å². The molecule has 1 unspecified atom stereocenters. The maximum absolute atomic E-state index is 13.1. The Morgan fingerprint density at radius 1 is 1.23 bits per heavy atom. The number of esters is 1. The lowest BCUT2D eigenvalue weighted by molar-refractivity contribution is -0.141. The van der Waals surface area contributed by atoms with Gasteiger partial charge in [0.05, 0.1) is 22.4 Å². The monoisotopic (exact) mass is 477 g/mol. The van der Waals surface area contributed by atoms with Crippen molar-refractivity contribution < 1.29 is 27.5 Å². The number of carbonyl (C=O) groups is 2. The van der Waals surface area contributed by atoms with Crippen LogP contribution in [0.1, 0.15) is 71.8 Å². The lowest BCUT2D eigenvalue weighted by Crippen LogP contribution is -2.26. The molecule has 2 aromatic heterocycles. The number of ether oxygens (including phenoxy) is 1. The van der Waals surface area contributed by atoms with Crippen LogP contribution in [0.2, 0.25) is 5.02 Å². The zero-order valence-electron chi connectivity index (χ0n) is 17.5. The van der Waals surface area contributed by atoms with Crippen LogP contribution in [0.4, 0.5) is 18.2 Å². The summed E-state index contributed by atoms with van der Waals surface area (Å²) in [6.07, 6.45) is -1.63. The summed E-state index contributed by atoms with van der Waals surface area (Å²) in [5.41, 5.74) is 0.00309. The standard InChI is InChI=1S/C20H23ClF3N3O3S/c1-9(2)30-19(29)14-12-7-5-6-8-13(12)31-18(14)25-17(28)11(4)27-10(3)15(21)16(26-27)20(22,23)24/h9,11H,5-8H2,1-4H3,(H,25,28). The van der Waals surface area contributed by atoms with Crippen LogP contribution in [-0.2, 0) is 28.5 Å².